The summed E-state index contributed by atoms with van der Waals surface area (Å²) in [6.07, 6.45) is 6.22. The van der Waals surface area contributed by atoms with Gasteiger partial charge in [0.1, 0.15) is 0 Å². The molecule has 1 aliphatic heterocycles. The van der Waals surface area contributed by atoms with E-state index in [2.05, 4.69) is 16.0 Å². The van der Waals surface area contributed by atoms with Gasteiger partial charge in [-0.15, -0.1) is 0 Å². The molecule has 0 saturated carbocycles. The minimum Gasteiger partial charge on any atom is -0.481 e. The summed E-state index contributed by atoms with van der Waals surface area (Å²) in [6, 6.07) is 4.03. The number of nitrogens with zero attached hydrogens (tertiary/aromatic N) is 2. The van der Waals surface area contributed by atoms with Gasteiger partial charge in [-0.2, -0.15) is 0 Å². The van der Waals surface area contributed by atoms with Crippen molar-refractivity contribution in [3.63, 3.8) is 0 Å². The molecule has 1 N–H and O–H groups in total. The number of carboxylic acid groups (broad SMARTS) is 1. The summed E-state index contributed by atoms with van der Waals surface area (Å²) < 4.78 is 0. The molecule has 0 aliphatic carbocycles. The van der Waals surface area contributed by atoms with Gasteiger partial charge < -0.3 is 10.0 Å². The SMILES string of the molecule is O=C(O)C1CCN(CCc2cccnc2)CC1. The second-order valence-electron chi connectivity index (χ2n) is 4.57. The highest BCUT2D eigenvalue weighted by Crippen LogP contribution is 2.17. The van der Waals surface area contributed by atoms with Crippen LogP contribution in [0.3, 0.4) is 0 Å². The van der Waals surface area contributed by atoms with E-state index in [0.29, 0.717) is 0 Å². The van der Waals surface area contributed by atoms with Crippen LogP contribution in [-0.2, 0) is 11.2 Å². The summed E-state index contributed by atoms with van der Waals surface area (Å²) in [7, 11) is 0. The molecule has 0 amide bonds. The summed E-state index contributed by atoms with van der Waals surface area (Å²) >= 11 is 0. The normalized spacial score (nSPS) is 18.1. The van der Waals surface area contributed by atoms with Crippen molar-refractivity contribution in [2.45, 2.75) is 19.3 Å². The largest absolute Gasteiger partial charge is 0.481 e. The summed E-state index contributed by atoms with van der Waals surface area (Å²) in [5.41, 5.74) is 1.24. The number of likely N-dealkylation sites (tertiary alicyclic amines) is 1. The number of aliphatic carboxylic acids is 1. The summed E-state index contributed by atoms with van der Waals surface area (Å²) in [4.78, 5) is 17.2. The van der Waals surface area contributed by atoms with Gasteiger partial charge >= 0.3 is 5.97 Å². The Kier molecular flexibility index (Phi) is 4.09. The van der Waals surface area contributed by atoms with E-state index < -0.39 is 5.97 Å². The Morgan fingerprint density at radius 1 is 1.47 bits per heavy atom. The Hall–Kier alpha value is -1.42. The van der Waals surface area contributed by atoms with E-state index in [-0.39, 0.29) is 5.92 Å². The Labute approximate surface area is 101 Å². The molecular formula is C13H18N2O2. The lowest BCUT2D eigenvalue weighted by atomic mass is 9.97. The molecule has 4 heteroatoms. The molecule has 1 aromatic heterocycles. The second kappa shape index (κ2) is 5.77. The van der Waals surface area contributed by atoms with Crippen LogP contribution in [-0.4, -0.2) is 40.6 Å². The first-order valence-corrected chi connectivity index (χ1v) is 6.10. The van der Waals surface area contributed by atoms with Crippen molar-refractivity contribution in [1.29, 1.82) is 0 Å². The fourth-order valence-corrected chi connectivity index (χ4v) is 2.24. The highest BCUT2D eigenvalue weighted by atomic mass is 16.4. The zero-order chi connectivity index (χ0) is 12.1. The molecule has 1 saturated heterocycles. The Bertz CT molecular complexity index is 359. The maximum atomic E-state index is 10.8. The van der Waals surface area contributed by atoms with Crippen molar-refractivity contribution in [2.75, 3.05) is 19.6 Å². The number of hydrogen-bond acceptors (Lipinski definition) is 3. The summed E-state index contributed by atoms with van der Waals surface area (Å²) in [5.74, 6) is -0.776. The predicted octanol–water partition coefficient (Wildman–Crippen LogP) is 1.42. The third kappa shape index (κ3) is 3.53. The fourth-order valence-electron chi connectivity index (χ4n) is 2.24. The molecule has 1 aliphatic rings. The number of carbonyl (C=O) groups is 1. The number of pyridine rings is 1. The molecule has 0 radical (unpaired) electrons. The number of rotatable bonds is 4. The molecule has 92 valence electrons. The average Bonchev–Trinajstić information content (AvgIpc) is 2.38. The van der Waals surface area contributed by atoms with Gasteiger partial charge in [0.25, 0.3) is 0 Å². The van der Waals surface area contributed by atoms with E-state index in [4.69, 9.17) is 5.11 Å². The Morgan fingerprint density at radius 3 is 2.82 bits per heavy atom. The molecule has 1 aromatic rings. The lowest BCUT2D eigenvalue weighted by Crippen LogP contribution is -2.37. The highest BCUT2D eigenvalue weighted by Gasteiger charge is 2.23. The lowest BCUT2D eigenvalue weighted by Gasteiger charge is -2.29. The van der Waals surface area contributed by atoms with Crippen LogP contribution in [0.1, 0.15) is 18.4 Å². The summed E-state index contributed by atoms with van der Waals surface area (Å²) in [5, 5.41) is 8.91. The topological polar surface area (TPSA) is 53.4 Å². The lowest BCUT2D eigenvalue weighted by molar-refractivity contribution is -0.143. The van der Waals surface area contributed by atoms with Crippen LogP contribution in [0.2, 0.25) is 0 Å². The third-order valence-corrected chi connectivity index (χ3v) is 3.38. The van der Waals surface area contributed by atoms with Crippen molar-refractivity contribution < 1.29 is 9.90 Å². The number of piperidine rings is 1. The van der Waals surface area contributed by atoms with Crippen molar-refractivity contribution in [2.24, 2.45) is 5.92 Å². The zero-order valence-corrected chi connectivity index (χ0v) is 9.88. The van der Waals surface area contributed by atoms with Gasteiger partial charge in [-0.25, -0.2) is 0 Å². The van der Waals surface area contributed by atoms with Crippen LogP contribution in [0.4, 0.5) is 0 Å². The van der Waals surface area contributed by atoms with Crippen molar-refractivity contribution in [1.82, 2.24) is 9.88 Å². The Balaban J connectivity index is 1.74. The fraction of sp³-hybridized carbons (Fsp3) is 0.538. The van der Waals surface area contributed by atoms with Gasteiger partial charge in [-0.05, 0) is 44.0 Å². The molecule has 0 spiro atoms. The molecule has 0 atom stereocenters. The molecule has 1 fully saturated rings. The standard InChI is InChI=1S/C13H18N2O2/c16-13(17)12-4-8-15(9-5-12)7-3-11-2-1-6-14-10-11/h1-2,6,10,12H,3-5,7-9H2,(H,16,17). The maximum Gasteiger partial charge on any atom is 0.306 e. The summed E-state index contributed by atoms with van der Waals surface area (Å²) in [6.45, 7) is 2.80. The first kappa shape index (κ1) is 12.0. The van der Waals surface area contributed by atoms with Crippen LogP contribution in [0, 0.1) is 5.92 Å². The van der Waals surface area contributed by atoms with Gasteiger partial charge in [0.05, 0.1) is 5.92 Å². The quantitative estimate of drug-likeness (QED) is 0.856. The molecule has 0 unspecified atom stereocenters. The minimum absolute atomic E-state index is 0.135. The molecule has 0 aromatic carbocycles. The van der Waals surface area contributed by atoms with Crippen LogP contribution in [0.25, 0.3) is 0 Å². The minimum atomic E-state index is -0.642. The van der Waals surface area contributed by atoms with E-state index in [1.165, 1.54) is 5.56 Å². The predicted molar refractivity (Wildman–Crippen MR) is 64.7 cm³/mol. The van der Waals surface area contributed by atoms with Crippen LogP contribution >= 0.6 is 0 Å². The average molecular weight is 234 g/mol. The van der Waals surface area contributed by atoms with Crippen LogP contribution in [0.5, 0.6) is 0 Å². The number of aromatic nitrogens is 1. The molecule has 2 heterocycles. The monoisotopic (exact) mass is 234 g/mol. The molecule has 17 heavy (non-hydrogen) atoms. The first-order valence-electron chi connectivity index (χ1n) is 6.10. The van der Waals surface area contributed by atoms with Crippen LogP contribution in [0.15, 0.2) is 24.5 Å². The van der Waals surface area contributed by atoms with E-state index in [1.807, 2.05) is 12.3 Å². The maximum absolute atomic E-state index is 10.8. The van der Waals surface area contributed by atoms with E-state index in [1.54, 1.807) is 6.20 Å². The van der Waals surface area contributed by atoms with E-state index in [0.717, 1.165) is 38.9 Å². The number of carboxylic acids is 1. The molecule has 4 nitrogen and oxygen atoms in total. The van der Waals surface area contributed by atoms with E-state index in [9.17, 15) is 4.79 Å². The third-order valence-electron chi connectivity index (χ3n) is 3.38. The Morgan fingerprint density at radius 2 is 2.24 bits per heavy atom. The van der Waals surface area contributed by atoms with Crippen molar-refractivity contribution >= 4 is 5.97 Å². The highest BCUT2D eigenvalue weighted by molar-refractivity contribution is 5.70. The molecular weight excluding hydrogens is 216 g/mol. The van der Waals surface area contributed by atoms with Gasteiger partial charge in [-0.1, -0.05) is 6.07 Å². The van der Waals surface area contributed by atoms with E-state index >= 15 is 0 Å². The molecule has 2 rings (SSSR count). The van der Waals surface area contributed by atoms with Gasteiger partial charge in [-0.3, -0.25) is 9.78 Å². The van der Waals surface area contributed by atoms with Crippen LogP contribution < -0.4 is 0 Å². The van der Waals surface area contributed by atoms with Gasteiger partial charge in [0.2, 0.25) is 0 Å². The smallest absolute Gasteiger partial charge is 0.306 e. The number of hydrogen-bond donors (Lipinski definition) is 1. The molecule has 0 bridgehead atoms. The van der Waals surface area contributed by atoms with Gasteiger partial charge in [0.15, 0.2) is 0 Å². The zero-order valence-electron chi connectivity index (χ0n) is 9.88. The first-order chi connectivity index (χ1) is 8.25. The van der Waals surface area contributed by atoms with Crippen molar-refractivity contribution in [3.8, 4) is 0 Å². The van der Waals surface area contributed by atoms with Gasteiger partial charge in [0, 0.05) is 18.9 Å². The second-order valence-corrected chi connectivity index (χ2v) is 4.57. The van der Waals surface area contributed by atoms with Crippen molar-refractivity contribution in [3.05, 3.63) is 30.1 Å².